The Labute approximate surface area is 106 Å². The quantitative estimate of drug-likeness (QED) is 0.759. The number of nitrogens with zero attached hydrogens (tertiary/aromatic N) is 1. The van der Waals surface area contributed by atoms with Gasteiger partial charge in [0.25, 0.3) is 0 Å². The minimum absolute atomic E-state index is 0.0128. The molecule has 96 valence electrons. The maximum atomic E-state index is 10.4. The number of amides is 1. The Morgan fingerprint density at radius 2 is 2.11 bits per heavy atom. The summed E-state index contributed by atoms with van der Waals surface area (Å²) < 4.78 is 0. The number of hydrogen-bond donors (Lipinski definition) is 3. The van der Waals surface area contributed by atoms with Crippen LogP contribution in [-0.2, 0) is 6.54 Å². The van der Waals surface area contributed by atoms with E-state index in [4.69, 9.17) is 5.11 Å². The van der Waals surface area contributed by atoms with E-state index in [2.05, 4.69) is 29.5 Å². The van der Waals surface area contributed by atoms with Crippen molar-refractivity contribution >= 4 is 11.9 Å². The maximum absolute atomic E-state index is 10.4. The lowest BCUT2D eigenvalue weighted by Gasteiger charge is -2.18. The molecule has 1 aliphatic heterocycles. The summed E-state index contributed by atoms with van der Waals surface area (Å²) in [5.41, 5.74) is 1.97. The molecule has 0 radical (unpaired) electrons. The molecule has 1 heterocycles. The van der Waals surface area contributed by atoms with Crippen LogP contribution in [0, 0.1) is 0 Å². The largest absolute Gasteiger partial charge is 0.465 e. The van der Waals surface area contributed by atoms with Gasteiger partial charge in [-0.15, -0.1) is 0 Å². The Bertz CT molecular complexity index is 478. The number of carbonyl (C=O) groups is 1. The van der Waals surface area contributed by atoms with Gasteiger partial charge in [0.2, 0.25) is 0 Å². The summed E-state index contributed by atoms with van der Waals surface area (Å²) in [6.45, 7) is 5.30. The molecule has 18 heavy (non-hydrogen) atoms. The second-order valence-corrected chi connectivity index (χ2v) is 5.03. The fourth-order valence-corrected chi connectivity index (χ4v) is 1.80. The number of rotatable bonds is 3. The Morgan fingerprint density at radius 3 is 2.61 bits per heavy atom. The Morgan fingerprint density at radius 1 is 1.44 bits per heavy atom. The number of hydrogen-bond acceptors (Lipinski definition) is 3. The molecule has 0 saturated heterocycles. The summed E-state index contributed by atoms with van der Waals surface area (Å²) >= 11 is 0. The van der Waals surface area contributed by atoms with E-state index in [0.717, 1.165) is 23.5 Å². The first kappa shape index (κ1) is 12.4. The highest BCUT2D eigenvalue weighted by molar-refractivity contribution is 6.00. The highest BCUT2D eigenvalue weighted by atomic mass is 16.4. The van der Waals surface area contributed by atoms with Gasteiger partial charge in [-0.05, 0) is 19.4 Å². The molecule has 5 nitrogen and oxygen atoms in total. The van der Waals surface area contributed by atoms with Crippen molar-refractivity contribution in [2.24, 2.45) is 4.99 Å². The maximum Gasteiger partial charge on any atom is 0.404 e. The summed E-state index contributed by atoms with van der Waals surface area (Å²) in [4.78, 5) is 14.8. The molecule has 0 fully saturated rings. The molecule has 0 aromatic heterocycles. The summed E-state index contributed by atoms with van der Waals surface area (Å²) in [5, 5.41) is 14.2. The summed E-state index contributed by atoms with van der Waals surface area (Å²) in [6.07, 6.45) is -1.01. The number of aliphatic imine (C=N–C) groups is 1. The van der Waals surface area contributed by atoms with E-state index in [1.807, 2.05) is 24.3 Å². The van der Waals surface area contributed by atoms with Crippen LogP contribution in [0.25, 0.3) is 0 Å². The van der Waals surface area contributed by atoms with Gasteiger partial charge in [-0.25, -0.2) is 4.79 Å². The molecule has 0 spiro atoms. The van der Waals surface area contributed by atoms with Crippen LogP contribution in [0.3, 0.4) is 0 Å². The smallest absolute Gasteiger partial charge is 0.404 e. The van der Waals surface area contributed by atoms with Crippen LogP contribution in [0.5, 0.6) is 0 Å². The van der Waals surface area contributed by atoms with Crippen molar-refractivity contribution in [2.45, 2.75) is 25.9 Å². The number of amidine groups is 1. The first-order valence-electron chi connectivity index (χ1n) is 5.85. The molecular formula is C13H17N3O2. The average Bonchev–Trinajstić information content (AvgIpc) is 2.68. The van der Waals surface area contributed by atoms with Crippen LogP contribution >= 0.6 is 0 Å². The fourth-order valence-electron chi connectivity index (χ4n) is 1.80. The lowest BCUT2D eigenvalue weighted by Crippen LogP contribution is -2.39. The van der Waals surface area contributed by atoms with Gasteiger partial charge in [-0.2, -0.15) is 0 Å². The fraction of sp³-hybridized carbons (Fsp3) is 0.385. The van der Waals surface area contributed by atoms with Gasteiger partial charge in [0.15, 0.2) is 0 Å². The molecule has 0 atom stereocenters. The van der Waals surface area contributed by atoms with Crippen molar-refractivity contribution in [3.8, 4) is 0 Å². The number of benzene rings is 1. The van der Waals surface area contributed by atoms with Crippen LogP contribution in [-0.4, -0.2) is 29.1 Å². The Balaban J connectivity index is 2.02. The van der Waals surface area contributed by atoms with Crippen molar-refractivity contribution in [3.63, 3.8) is 0 Å². The molecular weight excluding hydrogens is 230 g/mol. The normalized spacial score (nSPS) is 16.9. The summed E-state index contributed by atoms with van der Waals surface area (Å²) in [7, 11) is 0. The molecule has 0 unspecified atom stereocenters. The van der Waals surface area contributed by atoms with Gasteiger partial charge in [0.1, 0.15) is 5.84 Å². The minimum atomic E-state index is -1.01. The van der Waals surface area contributed by atoms with Crippen LogP contribution in [0.4, 0.5) is 4.79 Å². The lowest BCUT2D eigenvalue weighted by molar-refractivity contribution is 0.194. The number of carboxylic acid groups (broad SMARTS) is 1. The second-order valence-electron chi connectivity index (χ2n) is 5.03. The van der Waals surface area contributed by atoms with E-state index in [-0.39, 0.29) is 5.54 Å². The minimum Gasteiger partial charge on any atom is -0.465 e. The third kappa shape index (κ3) is 3.00. The topological polar surface area (TPSA) is 73.7 Å². The van der Waals surface area contributed by atoms with E-state index in [1.165, 1.54) is 0 Å². The summed E-state index contributed by atoms with van der Waals surface area (Å²) in [5.74, 6) is 0.901. The van der Waals surface area contributed by atoms with Crippen LogP contribution in [0.1, 0.15) is 25.0 Å². The van der Waals surface area contributed by atoms with Gasteiger partial charge in [-0.3, -0.25) is 4.99 Å². The van der Waals surface area contributed by atoms with Crippen molar-refractivity contribution in [1.82, 2.24) is 10.6 Å². The zero-order valence-electron chi connectivity index (χ0n) is 10.5. The van der Waals surface area contributed by atoms with Gasteiger partial charge >= 0.3 is 6.09 Å². The summed E-state index contributed by atoms with van der Waals surface area (Å²) in [6, 6.07) is 7.71. The zero-order chi connectivity index (χ0) is 13.2. The molecule has 0 saturated carbocycles. The second kappa shape index (κ2) is 4.68. The molecule has 5 heteroatoms. The molecule has 1 aromatic rings. The first-order chi connectivity index (χ1) is 8.46. The van der Waals surface area contributed by atoms with Crippen molar-refractivity contribution in [1.29, 1.82) is 0 Å². The molecule has 1 amide bonds. The monoisotopic (exact) mass is 247 g/mol. The Hall–Kier alpha value is -2.04. The van der Waals surface area contributed by atoms with Crippen LogP contribution in [0.15, 0.2) is 29.3 Å². The van der Waals surface area contributed by atoms with E-state index in [9.17, 15) is 4.79 Å². The molecule has 0 aliphatic carbocycles. The molecule has 3 N–H and O–H groups in total. The third-order valence-corrected chi connectivity index (χ3v) is 2.76. The number of nitrogens with one attached hydrogen (secondary N) is 2. The van der Waals surface area contributed by atoms with Crippen LogP contribution in [0.2, 0.25) is 0 Å². The van der Waals surface area contributed by atoms with Gasteiger partial charge < -0.3 is 15.7 Å². The SMILES string of the molecule is CC1(C)CN=C(c2ccc(CNC(=O)O)cc2)N1. The van der Waals surface area contributed by atoms with E-state index >= 15 is 0 Å². The molecule has 2 rings (SSSR count). The average molecular weight is 247 g/mol. The molecule has 1 aliphatic rings. The predicted molar refractivity (Wildman–Crippen MR) is 69.9 cm³/mol. The van der Waals surface area contributed by atoms with Crippen molar-refractivity contribution < 1.29 is 9.90 Å². The van der Waals surface area contributed by atoms with E-state index in [1.54, 1.807) is 0 Å². The molecule has 0 bridgehead atoms. The van der Waals surface area contributed by atoms with Gasteiger partial charge in [-0.1, -0.05) is 24.3 Å². The van der Waals surface area contributed by atoms with E-state index < -0.39 is 6.09 Å². The highest BCUT2D eigenvalue weighted by Gasteiger charge is 2.25. The van der Waals surface area contributed by atoms with Gasteiger partial charge in [0, 0.05) is 12.1 Å². The van der Waals surface area contributed by atoms with E-state index in [0.29, 0.717) is 6.54 Å². The highest BCUT2D eigenvalue weighted by Crippen LogP contribution is 2.14. The lowest BCUT2D eigenvalue weighted by atomic mass is 10.1. The van der Waals surface area contributed by atoms with Crippen LogP contribution < -0.4 is 10.6 Å². The first-order valence-corrected chi connectivity index (χ1v) is 5.85. The molecule has 1 aromatic carbocycles. The Kier molecular flexibility index (Phi) is 3.23. The third-order valence-electron chi connectivity index (χ3n) is 2.76. The predicted octanol–water partition coefficient (Wildman–Crippen LogP) is 1.58. The van der Waals surface area contributed by atoms with Crippen molar-refractivity contribution in [3.05, 3.63) is 35.4 Å². The zero-order valence-corrected chi connectivity index (χ0v) is 10.5. The van der Waals surface area contributed by atoms with Crippen molar-refractivity contribution in [2.75, 3.05) is 6.54 Å². The van der Waals surface area contributed by atoms with Gasteiger partial charge in [0.05, 0.1) is 12.1 Å². The standard InChI is InChI=1S/C13H17N3O2/c1-13(2)8-15-11(16-13)10-5-3-9(4-6-10)7-14-12(17)18/h3-6,14H,7-8H2,1-2H3,(H,15,16)(H,17,18).